The van der Waals surface area contributed by atoms with Gasteiger partial charge in [-0.2, -0.15) is 0 Å². The van der Waals surface area contributed by atoms with Crippen molar-refractivity contribution in [3.05, 3.63) is 0 Å². The Kier molecular flexibility index (Phi) is 8.60. The maximum absolute atomic E-state index is 11.3. The van der Waals surface area contributed by atoms with Crippen molar-refractivity contribution < 1.29 is 29.3 Å². The zero-order chi connectivity index (χ0) is 16.5. The van der Waals surface area contributed by atoms with Gasteiger partial charge in [0.05, 0.1) is 37.4 Å². The van der Waals surface area contributed by atoms with Crippen molar-refractivity contribution in [3.63, 3.8) is 0 Å². The van der Waals surface area contributed by atoms with Crippen LogP contribution >= 0.6 is 0 Å². The van der Waals surface area contributed by atoms with Crippen LogP contribution in [0.5, 0.6) is 0 Å². The summed E-state index contributed by atoms with van der Waals surface area (Å²) in [6.07, 6.45) is 1.92. The molecule has 22 heavy (non-hydrogen) atoms. The normalized spacial score (nSPS) is 24.5. The molecular weight excluding hydrogens is 288 g/mol. The van der Waals surface area contributed by atoms with Crippen molar-refractivity contribution in [2.75, 3.05) is 6.61 Å². The molecule has 0 radical (unpaired) electrons. The molecule has 1 aliphatic heterocycles. The first kappa shape index (κ1) is 19.1. The fraction of sp³-hybridized carbons (Fsp3) is 0.875. The maximum Gasteiger partial charge on any atom is 0.308 e. The molecule has 6 heteroatoms. The van der Waals surface area contributed by atoms with Crippen LogP contribution in [0.1, 0.15) is 58.8 Å². The summed E-state index contributed by atoms with van der Waals surface area (Å²) in [5.41, 5.74) is 0. The molecule has 1 fully saturated rings. The number of aliphatic hydroxyl groups excluding tert-OH is 2. The highest BCUT2D eigenvalue weighted by Crippen LogP contribution is 2.26. The minimum Gasteiger partial charge on any atom is -0.466 e. The summed E-state index contributed by atoms with van der Waals surface area (Å²) in [5, 5.41) is 19.7. The SMILES string of the molecule is CCOC(=O)C[C@H](O)C[C@H]1CCC[C@@H](C[C@@H](O)CC(C)=O)O1. The molecule has 0 bridgehead atoms. The molecule has 0 amide bonds. The van der Waals surface area contributed by atoms with Gasteiger partial charge >= 0.3 is 5.97 Å². The molecule has 0 saturated carbocycles. The lowest BCUT2D eigenvalue weighted by Gasteiger charge is -2.32. The van der Waals surface area contributed by atoms with E-state index in [0.29, 0.717) is 19.4 Å². The summed E-state index contributed by atoms with van der Waals surface area (Å²) < 4.78 is 10.7. The van der Waals surface area contributed by atoms with Gasteiger partial charge in [-0.1, -0.05) is 0 Å². The van der Waals surface area contributed by atoms with Gasteiger partial charge in [0.2, 0.25) is 0 Å². The Morgan fingerprint density at radius 3 is 2.18 bits per heavy atom. The Morgan fingerprint density at radius 2 is 1.68 bits per heavy atom. The third-order valence-corrected chi connectivity index (χ3v) is 3.74. The first-order chi connectivity index (χ1) is 10.4. The molecule has 6 nitrogen and oxygen atoms in total. The van der Waals surface area contributed by atoms with Crippen LogP contribution in [0.15, 0.2) is 0 Å². The zero-order valence-corrected chi connectivity index (χ0v) is 13.5. The van der Waals surface area contributed by atoms with E-state index in [0.717, 1.165) is 19.3 Å². The molecule has 1 rings (SSSR count). The van der Waals surface area contributed by atoms with Crippen LogP contribution in [0, 0.1) is 0 Å². The van der Waals surface area contributed by atoms with E-state index in [4.69, 9.17) is 9.47 Å². The number of Topliss-reactive ketones (excluding diaryl/α,β-unsaturated/α-hetero) is 1. The van der Waals surface area contributed by atoms with Crippen LogP contribution in [-0.4, -0.2) is 53.0 Å². The van der Waals surface area contributed by atoms with Gasteiger partial charge in [-0.25, -0.2) is 0 Å². The molecule has 2 N–H and O–H groups in total. The van der Waals surface area contributed by atoms with Crippen LogP contribution in [0.4, 0.5) is 0 Å². The number of aliphatic hydroxyl groups is 2. The number of esters is 1. The molecule has 1 heterocycles. The van der Waals surface area contributed by atoms with Crippen molar-refractivity contribution in [2.24, 2.45) is 0 Å². The molecule has 0 aliphatic carbocycles. The van der Waals surface area contributed by atoms with Crippen molar-refractivity contribution in [2.45, 2.75) is 83.2 Å². The Hall–Kier alpha value is -0.980. The molecule has 128 valence electrons. The molecule has 0 unspecified atom stereocenters. The van der Waals surface area contributed by atoms with E-state index in [1.165, 1.54) is 6.92 Å². The van der Waals surface area contributed by atoms with Gasteiger partial charge in [-0.15, -0.1) is 0 Å². The zero-order valence-electron chi connectivity index (χ0n) is 13.5. The highest BCUT2D eigenvalue weighted by atomic mass is 16.5. The number of hydrogen-bond acceptors (Lipinski definition) is 6. The molecule has 0 spiro atoms. The smallest absolute Gasteiger partial charge is 0.308 e. The lowest BCUT2D eigenvalue weighted by atomic mass is 9.95. The molecule has 0 aromatic rings. The van der Waals surface area contributed by atoms with Gasteiger partial charge < -0.3 is 19.7 Å². The second-order valence-electron chi connectivity index (χ2n) is 6.01. The highest BCUT2D eigenvalue weighted by molar-refractivity contribution is 5.75. The average Bonchev–Trinajstić information content (AvgIpc) is 2.37. The van der Waals surface area contributed by atoms with E-state index in [1.54, 1.807) is 6.92 Å². The lowest BCUT2D eigenvalue weighted by Crippen LogP contribution is -2.33. The monoisotopic (exact) mass is 316 g/mol. The molecule has 1 saturated heterocycles. The van der Waals surface area contributed by atoms with Crippen molar-refractivity contribution >= 4 is 11.8 Å². The maximum atomic E-state index is 11.3. The van der Waals surface area contributed by atoms with Crippen LogP contribution in [-0.2, 0) is 19.1 Å². The van der Waals surface area contributed by atoms with E-state index in [9.17, 15) is 19.8 Å². The first-order valence-electron chi connectivity index (χ1n) is 8.07. The molecule has 0 aromatic carbocycles. The number of hydrogen-bond donors (Lipinski definition) is 2. The summed E-state index contributed by atoms with van der Waals surface area (Å²) in [5.74, 6) is -0.441. The molecule has 0 aromatic heterocycles. The Bertz CT molecular complexity index is 357. The summed E-state index contributed by atoms with van der Waals surface area (Å²) in [7, 11) is 0. The quantitative estimate of drug-likeness (QED) is 0.624. The van der Waals surface area contributed by atoms with E-state index >= 15 is 0 Å². The number of carbonyl (C=O) groups excluding carboxylic acids is 2. The highest BCUT2D eigenvalue weighted by Gasteiger charge is 2.27. The largest absolute Gasteiger partial charge is 0.466 e. The van der Waals surface area contributed by atoms with Crippen LogP contribution in [0.3, 0.4) is 0 Å². The third kappa shape index (κ3) is 7.87. The summed E-state index contributed by atoms with van der Waals surface area (Å²) >= 11 is 0. The number of rotatable bonds is 9. The topological polar surface area (TPSA) is 93.1 Å². The van der Waals surface area contributed by atoms with Gasteiger partial charge in [0, 0.05) is 12.8 Å². The number of ether oxygens (including phenoxy) is 2. The predicted octanol–water partition coefficient (Wildman–Crippen LogP) is 1.36. The fourth-order valence-electron chi connectivity index (χ4n) is 2.85. The number of carbonyl (C=O) groups is 2. The van der Waals surface area contributed by atoms with Gasteiger partial charge in [0.1, 0.15) is 5.78 Å². The van der Waals surface area contributed by atoms with E-state index < -0.39 is 18.2 Å². The molecule has 4 atom stereocenters. The van der Waals surface area contributed by atoms with E-state index in [1.807, 2.05) is 0 Å². The standard InChI is InChI=1S/C16H28O6/c1-3-21-16(20)10-13(19)9-15-6-4-5-14(22-15)8-12(18)7-11(2)17/h12-15,18-19H,3-10H2,1-2H3/t12-,13+,14-,15+/m0/s1. The van der Waals surface area contributed by atoms with Gasteiger partial charge in [-0.3, -0.25) is 9.59 Å². The number of ketones is 1. The Labute approximate surface area is 131 Å². The first-order valence-corrected chi connectivity index (χ1v) is 8.07. The van der Waals surface area contributed by atoms with Crippen LogP contribution in [0.2, 0.25) is 0 Å². The van der Waals surface area contributed by atoms with Crippen molar-refractivity contribution in [1.29, 1.82) is 0 Å². The lowest BCUT2D eigenvalue weighted by molar-refractivity contribution is -0.146. The van der Waals surface area contributed by atoms with E-state index in [-0.39, 0.29) is 30.8 Å². The van der Waals surface area contributed by atoms with E-state index in [2.05, 4.69) is 0 Å². The third-order valence-electron chi connectivity index (χ3n) is 3.74. The minimum absolute atomic E-state index is 0.0225. The average molecular weight is 316 g/mol. The second-order valence-corrected chi connectivity index (χ2v) is 6.01. The Balaban J connectivity index is 2.33. The van der Waals surface area contributed by atoms with Crippen molar-refractivity contribution in [1.82, 2.24) is 0 Å². The Morgan fingerprint density at radius 1 is 1.14 bits per heavy atom. The van der Waals surface area contributed by atoms with Gasteiger partial charge in [0.25, 0.3) is 0 Å². The summed E-state index contributed by atoms with van der Waals surface area (Å²) in [6.45, 7) is 3.49. The second kappa shape index (κ2) is 9.92. The minimum atomic E-state index is -0.773. The van der Waals surface area contributed by atoms with Crippen LogP contribution < -0.4 is 0 Å². The fourth-order valence-corrected chi connectivity index (χ4v) is 2.85. The summed E-state index contributed by atoms with van der Waals surface area (Å²) in [4.78, 5) is 22.3. The van der Waals surface area contributed by atoms with Crippen molar-refractivity contribution in [3.8, 4) is 0 Å². The van der Waals surface area contributed by atoms with Gasteiger partial charge in [0.15, 0.2) is 0 Å². The molecular formula is C16H28O6. The van der Waals surface area contributed by atoms with Gasteiger partial charge in [-0.05, 0) is 39.5 Å². The summed E-state index contributed by atoms with van der Waals surface area (Å²) in [6, 6.07) is 0. The molecule has 1 aliphatic rings. The predicted molar refractivity (Wildman–Crippen MR) is 80.3 cm³/mol. The van der Waals surface area contributed by atoms with Crippen LogP contribution in [0.25, 0.3) is 0 Å².